The van der Waals surface area contributed by atoms with Crippen LogP contribution >= 0.6 is 11.8 Å². The maximum atomic E-state index is 5.74. The van der Waals surface area contributed by atoms with Crippen LogP contribution in [0, 0.1) is 0 Å². The molecule has 0 atom stereocenters. The Morgan fingerprint density at radius 3 is 2.58 bits per heavy atom. The van der Waals surface area contributed by atoms with E-state index in [1.54, 1.807) is 18.0 Å². The van der Waals surface area contributed by atoms with Crippen LogP contribution in [-0.2, 0) is 13.0 Å². The van der Waals surface area contributed by atoms with Gasteiger partial charge < -0.3 is 19.2 Å². The van der Waals surface area contributed by atoms with Gasteiger partial charge in [0.1, 0.15) is 19.0 Å². The van der Waals surface area contributed by atoms with Crippen molar-refractivity contribution in [2.75, 3.05) is 18.5 Å². The van der Waals surface area contributed by atoms with Gasteiger partial charge in [-0.05, 0) is 12.1 Å². The summed E-state index contributed by atoms with van der Waals surface area (Å²) in [6.07, 6.45) is 2.62. The molecule has 26 heavy (non-hydrogen) atoms. The smallest absolute Gasteiger partial charge is 0.213 e. The zero-order chi connectivity index (χ0) is 17.8. The summed E-state index contributed by atoms with van der Waals surface area (Å²) in [5.74, 6) is 3.11. The number of nitrogens with one attached hydrogen (secondary N) is 1. The van der Waals surface area contributed by atoms with Gasteiger partial charge in [-0.1, -0.05) is 36.9 Å². The molecule has 2 aromatic carbocycles. The van der Waals surface area contributed by atoms with Crippen molar-refractivity contribution in [1.82, 2.24) is 4.98 Å². The fourth-order valence-corrected chi connectivity index (χ4v) is 3.63. The average molecular weight is 368 g/mol. The highest BCUT2D eigenvalue weighted by Crippen LogP contribution is 2.42. The molecule has 1 aliphatic rings. The summed E-state index contributed by atoms with van der Waals surface area (Å²) in [6.45, 7) is 3.71. The molecule has 0 amide bonds. The van der Waals surface area contributed by atoms with E-state index < -0.39 is 0 Å². The van der Waals surface area contributed by atoms with Crippen LogP contribution in [0.5, 0.6) is 11.5 Å². The van der Waals surface area contributed by atoms with Gasteiger partial charge in [0.15, 0.2) is 11.5 Å². The van der Waals surface area contributed by atoms with E-state index in [-0.39, 0.29) is 0 Å². The molecule has 0 spiro atoms. The first kappa shape index (κ1) is 16.8. The third kappa shape index (κ3) is 3.80. The second-order valence-electron chi connectivity index (χ2n) is 5.83. The predicted octanol–water partition coefficient (Wildman–Crippen LogP) is 4.77. The molecule has 5 nitrogen and oxygen atoms in total. The highest BCUT2D eigenvalue weighted by molar-refractivity contribution is 7.99. The van der Waals surface area contributed by atoms with Gasteiger partial charge in [0.25, 0.3) is 0 Å². The van der Waals surface area contributed by atoms with Crippen LogP contribution in [0.15, 0.2) is 62.9 Å². The minimum Gasteiger partial charge on any atom is -0.486 e. The molecule has 1 N–H and O–H groups in total. The predicted molar refractivity (Wildman–Crippen MR) is 101 cm³/mol. The largest absolute Gasteiger partial charge is 0.486 e. The molecule has 6 heteroatoms. The quantitative estimate of drug-likeness (QED) is 0.676. The van der Waals surface area contributed by atoms with Crippen molar-refractivity contribution < 1.29 is 13.9 Å². The van der Waals surface area contributed by atoms with Crippen LogP contribution in [0.25, 0.3) is 0 Å². The van der Waals surface area contributed by atoms with Crippen LogP contribution in [-0.4, -0.2) is 18.2 Å². The van der Waals surface area contributed by atoms with E-state index in [1.807, 2.05) is 37.3 Å². The molecule has 0 saturated carbocycles. The van der Waals surface area contributed by atoms with Crippen molar-refractivity contribution in [3.05, 3.63) is 60.3 Å². The summed E-state index contributed by atoms with van der Waals surface area (Å²) < 4.78 is 17.2. The van der Waals surface area contributed by atoms with E-state index >= 15 is 0 Å². The maximum Gasteiger partial charge on any atom is 0.213 e. The third-order valence-corrected chi connectivity index (χ3v) is 5.06. The highest BCUT2D eigenvalue weighted by atomic mass is 32.2. The number of ether oxygens (including phenoxy) is 2. The van der Waals surface area contributed by atoms with Gasteiger partial charge in [-0.15, -0.1) is 0 Å². The Bertz CT molecular complexity index is 880. The van der Waals surface area contributed by atoms with E-state index in [4.69, 9.17) is 13.9 Å². The van der Waals surface area contributed by atoms with Crippen LogP contribution in [0.4, 0.5) is 5.69 Å². The Balaban J connectivity index is 1.60. The number of fused-ring (bicyclic) bond motifs is 1. The zero-order valence-corrected chi connectivity index (χ0v) is 15.3. The maximum absolute atomic E-state index is 5.74. The molecule has 3 aromatic rings. The van der Waals surface area contributed by atoms with Gasteiger partial charge in [0.05, 0.1) is 18.4 Å². The Labute approximate surface area is 156 Å². The van der Waals surface area contributed by atoms with Gasteiger partial charge in [-0.3, -0.25) is 0 Å². The number of nitrogens with zero attached hydrogens (tertiary/aromatic N) is 1. The number of hydrogen-bond donors (Lipinski definition) is 1. The fourth-order valence-electron chi connectivity index (χ4n) is 2.67. The van der Waals surface area contributed by atoms with Crippen molar-refractivity contribution >= 4 is 17.4 Å². The SMILES string of the molecule is CCc1cnc(CNc2cc3c(cc2Sc2ccccc2)OCCO3)o1. The van der Waals surface area contributed by atoms with E-state index in [1.165, 1.54) is 0 Å². The molecule has 0 bridgehead atoms. The first-order chi connectivity index (χ1) is 12.8. The van der Waals surface area contributed by atoms with E-state index in [0.29, 0.717) is 25.6 Å². The molecule has 4 rings (SSSR count). The van der Waals surface area contributed by atoms with Gasteiger partial charge in [-0.2, -0.15) is 0 Å². The van der Waals surface area contributed by atoms with Crippen LogP contribution in [0.3, 0.4) is 0 Å². The van der Waals surface area contributed by atoms with Crippen molar-refractivity contribution in [2.45, 2.75) is 29.7 Å². The number of aryl methyl sites for hydroxylation is 1. The number of benzene rings is 2. The number of aromatic nitrogens is 1. The number of anilines is 1. The van der Waals surface area contributed by atoms with Crippen molar-refractivity contribution in [3.63, 3.8) is 0 Å². The first-order valence-electron chi connectivity index (χ1n) is 8.66. The molecule has 0 unspecified atom stereocenters. The summed E-state index contributed by atoms with van der Waals surface area (Å²) in [6, 6.07) is 14.3. The normalized spacial score (nSPS) is 12.8. The molecule has 2 heterocycles. The molecule has 134 valence electrons. The van der Waals surface area contributed by atoms with Crippen LogP contribution in [0.1, 0.15) is 18.6 Å². The van der Waals surface area contributed by atoms with Crippen molar-refractivity contribution in [3.8, 4) is 11.5 Å². The Kier molecular flexibility index (Phi) is 5.02. The molecule has 0 saturated heterocycles. The Morgan fingerprint density at radius 2 is 1.85 bits per heavy atom. The number of hydrogen-bond acceptors (Lipinski definition) is 6. The van der Waals surface area contributed by atoms with Crippen LogP contribution < -0.4 is 14.8 Å². The standard InChI is InChI=1S/C20H20N2O3S/c1-2-14-12-22-20(25-14)13-21-16-10-17-18(24-9-8-23-17)11-19(16)26-15-6-4-3-5-7-15/h3-7,10-12,21H,2,8-9,13H2,1H3. The molecule has 1 aromatic heterocycles. The lowest BCUT2D eigenvalue weighted by Gasteiger charge is -2.21. The Morgan fingerprint density at radius 1 is 1.08 bits per heavy atom. The minimum absolute atomic E-state index is 0.516. The van der Waals surface area contributed by atoms with E-state index in [2.05, 4.69) is 22.4 Å². The summed E-state index contributed by atoms with van der Waals surface area (Å²) in [7, 11) is 0. The lowest BCUT2D eigenvalue weighted by Crippen LogP contribution is -2.15. The Hall–Kier alpha value is -2.60. The summed E-state index contributed by atoms with van der Waals surface area (Å²) in [5, 5.41) is 3.42. The van der Waals surface area contributed by atoms with E-state index in [0.717, 1.165) is 39.2 Å². The monoisotopic (exact) mass is 368 g/mol. The summed E-state index contributed by atoms with van der Waals surface area (Å²) >= 11 is 1.68. The molecule has 0 radical (unpaired) electrons. The molecule has 1 aliphatic heterocycles. The fraction of sp³-hybridized carbons (Fsp3) is 0.250. The lowest BCUT2D eigenvalue weighted by molar-refractivity contribution is 0.171. The lowest BCUT2D eigenvalue weighted by atomic mass is 10.2. The second kappa shape index (κ2) is 7.74. The summed E-state index contributed by atoms with van der Waals surface area (Å²) in [5.41, 5.74) is 0.972. The number of rotatable bonds is 6. The molecule has 0 aliphatic carbocycles. The van der Waals surface area contributed by atoms with Gasteiger partial charge in [0, 0.05) is 28.3 Å². The van der Waals surface area contributed by atoms with Gasteiger partial charge in [0.2, 0.25) is 5.89 Å². The van der Waals surface area contributed by atoms with Gasteiger partial charge in [-0.25, -0.2) is 4.98 Å². The topological polar surface area (TPSA) is 56.5 Å². The van der Waals surface area contributed by atoms with Crippen LogP contribution in [0.2, 0.25) is 0 Å². The van der Waals surface area contributed by atoms with E-state index in [9.17, 15) is 0 Å². The second-order valence-corrected chi connectivity index (χ2v) is 6.95. The number of oxazole rings is 1. The highest BCUT2D eigenvalue weighted by Gasteiger charge is 2.17. The first-order valence-corrected chi connectivity index (χ1v) is 9.47. The summed E-state index contributed by atoms with van der Waals surface area (Å²) in [4.78, 5) is 6.55. The molecule has 0 fully saturated rings. The van der Waals surface area contributed by atoms with Crippen molar-refractivity contribution in [1.29, 1.82) is 0 Å². The molecular formula is C20H20N2O3S. The van der Waals surface area contributed by atoms with Crippen molar-refractivity contribution in [2.24, 2.45) is 0 Å². The van der Waals surface area contributed by atoms with Gasteiger partial charge >= 0.3 is 0 Å². The minimum atomic E-state index is 0.516. The average Bonchev–Trinajstić information content (AvgIpc) is 3.15. The third-order valence-electron chi connectivity index (χ3n) is 4.00. The molecular weight excluding hydrogens is 348 g/mol. The zero-order valence-electron chi connectivity index (χ0n) is 14.5.